The van der Waals surface area contributed by atoms with Gasteiger partial charge in [-0.2, -0.15) is 0 Å². The Morgan fingerprint density at radius 2 is 2.22 bits per heavy atom. The van der Waals surface area contributed by atoms with Crippen LogP contribution >= 0.6 is 0 Å². The van der Waals surface area contributed by atoms with E-state index in [1.807, 2.05) is 13.8 Å². The standard InChI is InChI=1S/C11H19N5O2/c1-7(2)5-8(16-11(12)18)10(17)15-6-9-13-3-4-14-9/h3-4,7-8H,5-6H2,1-2H3,(H,13,14)(H,15,17)(H3,12,16,18). The maximum Gasteiger partial charge on any atom is 0.312 e. The third-order valence-electron chi connectivity index (χ3n) is 2.33. The molecule has 1 unspecified atom stereocenters. The van der Waals surface area contributed by atoms with Gasteiger partial charge in [0.2, 0.25) is 5.91 Å². The molecule has 1 atom stereocenters. The molecular formula is C11H19N5O2. The van der Waals surface area contributed by atoms with Crippen molar-refractivity contribution < 1.29 is 9.59 Å². The zero-order valence-electron chi connectivity index (χ0n) is 10.6. The minimum absolute atomic E-state index is 0.265. The molecule has 3 amide bonds. The van der Waals surface area contributed by atoms with Gasteiger partial charge in [0.25, 0.3) is 0 Å². The number of rotatable bonds is 6. The highest BCUT2D eigenvalue weighted by Crippen LogP contribution is 2.05. The lowest BCUT2D eigenvalue weighted by Crippen LogP contribution is -2.49. The van der Waals surface area contributed by atoms with Crippen molar-refractivity contribution >= 4 is 11.9 Å². The van der Waals surface area contributed by atoms with Crippen LogP contribution in [-0.2, 0) is 11.3 Å². The van der Waals surface area contributed by atoms with Gasteiger partial charge >= 0.3 is 6.03 Å². The Kier molecular flexibility index (Phi) is 5.16. The molecular weight excluding hydrogens is 234 g/mol. The van der Waals surface area contributed by atoms with Crippen molar-refractivity contribution in [2.45, 2.75) is 32.9 Å². The number of imidazole rings is 1. The molecule has 1 rings (SSSR count). The van der Waals surface area contributed by atoms with Crippen LogP contribution in [0.25, 0.3) is 0 Å². The van der Waals surface area contributed by atoms with Crippen molar-refractivity contribution in [3.8, 4) is 0 Å². The van der Waals surface area contributed by atoms with E-state index >= 15 is 0 Å². The maximum absolute atomic E-state index is 11.9. The number of amides is 3. The summed E-state index contributed by atoms with van der Waals surface area (Å²) in [5.41, 5.74) is 5.05. The van der Waals surface area contributed by atoms with Crippen LogP contribution in [0, 0.1) is 5.92 Å². The van der Waals surface area contributed by atoms with Crippen LogP contribution in [0.3, 0.4) is 0 Å². The molecule has 7 heteroatoms. The van der Waals surface area contributed by atoms with E-state index in [0.717, 1.165) is 0 Å². The van der Waals surface area contributed by atoms with Crippen molar-refractivity contribution in [1.29, 1.82) is 0 Å². The van der Waals surface area contributed by atoms with E-state index in [0.29, 0.717) is 18.8 Å². The average Bonchev–Trinajstić information content (AvgIpc) is 2.76. The van der Waals surface area contributed by atoms with Crippen molar-refractivity contribution in [2.75, 3.05) is 0 Å². The number of carbonyl (C=O) groups is 2. The molecule has 0 aliphatic rings. The Bertz CT molecular complexity index is 388. The number of nitrogens with two attached hydrogens (primary N) is 1. The number of nitrogens with one attached hydrogen (secondary N) is 3. The first kappa shape index (κ1) is 14.0. The van der Waals surface area contributed by atoms with E-state index in [1.54, 1.807) is 12.4 Å². The Balaban J connectivity index is 2.50. The van der Waals surface area contributed by atoms with Crippen molar-refractivity contribution in [3.63, 3.8) is 0 Å². The molecule has 0 aliphatic heterocycles. The van der Waals surface area contributed by atoms with Gasteiger partial charge in [0, 0.05) is 12.4 Å². The highest BCUT2D eigenvalue weighted by Gasteiger charge is 2.20. The summed E-state index contributed by atoms with van der Waals surface area (Å²) in [6, 6.07) is -1.31. The predicted octanol–water partition coefficient (Wildman–Crippen LogP) is 0.109. The topological polar surface area (TPSA) is 113 Å². The first-order chi connectivity index (χ1) is 8.49. The van der Waals surface area contributed by atoms with Gasteiger partial charge in [-0.3, -0.25) is 4.79 Å². The first-order valence-electron chi connectivity index (χ1n) is 5.81. The molecule has 0 saturated carbocycles. The molecule has 0 radical (unpaired) electrons. The summed E-state index contributed by atoms with van der Waals surface area (Å²) in [6.07, 6.45) is 3.82. The molecule has 18 heavy (non-hydrogen) atoms. The van der Waals surface area contributed by atoms with E-state index in [-0.39, 0.29) is 11.8 Å². The number of urea groups is 1. The molecule has 0 aliphatic carbocycles. The SMILES string of the molecule is CC(C)CC(NC(N)=O)C(=O)NCc1ncc[nH]1. The maximum atomic E-state index is 11.9. The number of carbonyl (C=O) groups excluding carboxylic acids is 2. The average molecular weight is 253 g/mol. The zero-order valence-corrected chi connectivity index (χ0v) is 10.6. The van der Waals surface area contributed by atoms with Gasteiger partial charge < -0.3 is 21.4 Å². The summed E-state index contributed by atoms with van der Waals surface area (Å²) < 4.78 is 0. The number of aromatic nitrogens is 2. The summed E-state index contributed by atoms with van der Waals surface area (Å²) >= 11 is 0. The number of hydrogen-bond acceptors (Lipinski definition) is 3. The minimum atomic E-state index is -0.700. The molecule has 1 aromatic rings. The van der Waals surface area contributed by atoms with Gasteiger partial charge in [-0.05, 0) is 12.3 Å². The van der Waals surface area contributed by atoms with Gasteiger partial charge in [-0.1, -0.05) is 13.8 Å². The molecule has 100 valence electrons. The van der Waals surface area contributed by atoms with E-state index in [9.17, 15) is 9.59 Å². The Morgan fingerprint density at radius 3 is 2.72 bits per heavy atom. The second kappa shape index (κ2) is 6.63. The number of primary amides is 1. The molecule has 1 aromatic heterocycles. The molecule has 0 bridgehead atoms. The van der Waals surface area contributed by atoms with Crippen LogP contribution in [0.2, 0.25) is 0 Å². The normalized spacial score (nSPS) is 12.2. The molecule has 7 nitrogen and oxygen atoms in total. The molecule has 1 heterocycles. The first-order valence-corrected chi connectivity index (χ1v) is 5.81. The fraction of sp³-hybridized carbons (Fsp3) is 0.545. The third-order valence-corrected chi connectivity index (χ3v) is 2.33. The van der Waals surface area contributed by atoms with Crippen molar-refractivity contribution in [1.82, 2.24) is 20.6 Å². The van der Waals surface area contributed by atoms with Crippen LogP contribution in [0.5, 0.6) is 0 Å². The van der Waals surface area contributed by atoms with Crippen molar-refractivity contribution in [3.05, 3.63) is 18.2 Å². The molecule has 5 N–H and O–H groups in total. The highest BCUT2D eigenvalue weighted by molar-refractivity contribution is 5.86. The van der Waals surface area contributed by atoms with E-state index in [1.165, 1.54) is 0 Å². The molecule has 0 spiro atoms. The van der Waals surface area contributed by atoms with Crippen LogP contribution in [0.1, 0.15) is 26.1 Å². The number of aromatic amines is 1. The van der Waals surface area contributed by atoms with E-state index in [4.69, 9.17) is 5.73 Å². The van der Waals surface area contributed by atoms with Gasteiger partial charge in [0.1, 0.15) is 11.9 Å². The largest absolute Gasteiger partial charge is 0.352 e. The number of hydrogen-bond donors (Lipinski definition) is 4. The van der Waals surface area contributed by atoms with Crippen LogP contribution in [-0.4, -0.2) is 27.9 Å². The van der Waals surface area contributed by atoms with E-state index < -0.39 is 12.1 Å². The van der Waals surface area contributed by atoms with Gasteiger partial charge in [-0.25, -0.2) is 9.78 Å². The predicted molar refractivity (Wildman–Crippen MR) is 66.4 cm³/mol. The van der Waals surface area contributed by atoms with Crippen LogP contribution in [0.15, 0.2) is 12.4 Å². The monoisotopic (exact) mass is 253 g/mol. The summed E-state index contributed by atoms with van der Waals surface area (Å²) in [6.45, 7) is 4.23. The molecule has 0 saturated heterocycles. The zero-order chi connectivity index (χ0) is 13.5. The smallest absolute Gasteiger partial charge is 0.312 e. The number of H-pyrrole nitrogens is 1. The fourth-order valence-electron chi connectivity index (χ4n) is 1.56. The lowest BCUT2D eigenvalue weighted by molar-refractivity contribution is -0.123. The quantitative estimate of drug-likeness (QED) is 0.577. The fourth-order valence-corrected chi connectivity index (χ4v) is 1.56. The minimum Gasteiger partial charge on any atom is -0.352 e. The summed E-state index contributed by atoms with van der Waals surface area (Å²) in [5.74, 6) is 0.667. The lowest BCUT2D eigenvalue weighted by Gasteiger charge is -2.18. The lowest BCUT2D eigenvalue weighted by atomic mass is 10.0. The summed E-state index contributed by atoms with van der Waals surface area (Å²) in [4.78, 5) is 29.6. The Hall–Kier alpha value is -2.05. The summed E-state index contributed by atoms with van der Waals surface area (Å²) in [5, 5.41) is 5.13. The van der Waals surface area contributed by atoms with Gasteiger partial charge in [0.05, 0.1) is 6.54 Å². The Labute approximate surface area is 106 Å². The second-order valence-corrected chi connectivity index (χ2v) is 4.44. The third kappa shape index (κ3) is 4.86. The van der Waals surface area contributed by atoms with Gasteiger partial charge in [-0.15, -0.1) is 0 Å². The highest BCUT2D eigenvalue weighted by atomic mass is 16.2. The second-order valence-electron chi connectivity index (χ2n) is 4.44. The van der Waals surface area contributed by atoms with Gasteiger partial charge in [0.15, 0.2) is 0 Å². The molecule has 0 fully saturated rings. The summed E-state index contributed by atoms with van der Waals surface area (Å²) in [7, 11) is 0. The van der Waals surface area contributed by atoms with Crippen LogP contribution in [0.4, 0.5) is 4.79 Å². The van der Waals surface area contributed by atoms with Crippen molar-refractivity contribution in [2.24, 2.45) is 11.7 Å². The molecule has 0 aromatic carbocycles. The Morgan fingerprint density at radius 1 is 1.50 bits per heavy atom. The van der Waals surface area contributed by atoms with Crippen LogP contribution < -0.4 is 16.4 Å². The number of nitrogens with zero attached hydrogens (tertiary/aromatic N) is 1. The van der Waals surface area contributed by atoms with E-state index in [2.05, 4.69) is 20.6 Å².